The third-order valence-electron chi connectivity index (χ3n) is 6.52. The number of rotatable bonds is 9. The van der Waals surface area contributed by atoms with Crippen molar-refractivity contribution in [2.24, 2.45) is 4.99 Å². The third kappa shape index (κ3) is 13.3. The van der Waals surface area contributed by atoms with Gasteiger partial charge in [-0.1, -0.05) is 63.3 Å². The van der Waals surface area contributed by atoms with E-state index in [2.05, 4.69) is 46.8 Å². The molecule has 0 aliphatic heterocycles. The lowest BCUT2D eigenvalue weighted by Gasteiger charge is -2.28. The van der Waals surface area contributed by atoms with Crippen molar-refractivity contribution in [2.75, 3.05) is 0 Å². The van der Waals surface area contributed by atoms with Gasteiger partial charge < -0.3 is 9.47 Å². The van der Waals surface area contributed by atoms with Crippen molar-refractivity contribution in [2.45, 2.75) is 142 Å². The van der Waals surface area contributed by atoms with Crippen LogP contribution in [-0.4, -0.2) is 35.4 Å². The number of guanidine groups is 1. The van der Waals surface area contributed by atoms with E-state index in [4.69, 9.17) is 9.47 Å². The SMILES string of the molecule is CCCCCCCCc1ccc(C2CCC(N=C(NC(=O)OC(C)(C)C)NC(=O)OC(C)(C)C)CC2)cc1. The minimum Gasteiger partial charge on any atom is -0.444 e. The number of hydrogen-bond donors (Lipinski definition) is 2. The van der Waals surface area contributed by atoms with Crippen LogP contribution in [0.5, 0.6) is 0 Å². The zero-order chi connectivity index (χ0) is 28.2. The Bertz CT molecular complexity index is 857. The number of unbranched alkanes of at least 4 members (excludes halogenated alkanes) is 5. The molecule has 1 saturated carbocycles. The van der Waals surface area contributed by atoms with Gasteiger partial charge in [0.05, 0.1) is 6.04 Å². The molecule has 0 unspecified atom stereocenters. The van der Waals surface area contributed by atoms with E-state index in [9.17, 15) is 9.59 Å². The van der Waals surface area contributed by atoms with Crippen LogP contribution >= 0.6 is 0 Å². The minimum atomic E-state index is -0.665. The third-order valence-corrected chi connectivity index (χ3v) is 6.52. The van der Waals surface area contributed by atoms with Gasteiger partial charge in [-0.2, -0.15) is 0 Å². The molecule has 38 heavy (non-hydrogen) atoms. The Labute approximate surface area is 230 Å². The maximum absolute atomic E-state index is 12.4. The lowest BCUT2D eigenvalue weighted by Crippen LogP contribution is -2.47. The molecular weight excluding hydrogens is 478 g/mol. The largest absolute Gasteiger partial charge is 0.444 e. The summed E-state index contributed by atoms with van der Waals surface area (Å²) < 4.78 is 10.7. The smallest absolute Gasteiger partial charge is 0.414 e. The van der Waals surface area contributed by atoms with Gasteiger partial charge in [0.1, 0.15) is 11.2 Å². The molecule has 1 fully saturated rings. The van der Waals surface area contributed by atoms with Gasteiger partial charge >= 0.3 is 12.2 Å². The van der Waals surface area contributed by atoms with E-state index in [1.54, 1.807) is 41.5 Å². The Morgan fingerprint density at radius 1 is 0.789 bits per heavy atom. The first-order valence-corrected chi connectivity index (χ1v) is 14.5. The number of carbonyl (C=O) groups excluding carboxylic acids is 2. The molecule has 0 saturated heterocycles. The van der Waals surface area contributed by atoms with Crippen molar-refractivity contribution in [1.29, 1.82) is 0 Å². The molecule has 0 bridgehead atoms. The fourth-order valence-electron chi connectivity index (χ4n) is 4.68. The Morgan fingerprint density at radius 2 is 1.29 bits per heavy atom. The predicted octanol–water partition coefficient (Wildman–Crippen LogP) is 8.02. The number of alkyl carbamates (subject to hydrolysis) is 2. The number of hydrogen-bond acceptors (Lipinski definition) is 5. The van der Waals surface area contributed by atoms with Gasteiger partial charge in [-0.05, 0) is 97.1 Å². The molecule has 2 N–H and O–H groups in total. The molecule has 0 atom stereocenters. The molecule has 2 rings (SSSR count). The highest BCUT2D eigenvalue weighted by Gasteiger charge is 2.25. The van der Waals surface area contributed by atoms with Crippen LogP contribution in [-0.2, 0) is 15.9 Å². The summed E-state index contributed by atoms with van der Waals surface area (Å²) in [6, 6.07) is 9.16. The second-order valence-corrected chi connectivity index (χ2v) is 12.5. The first-order valence-electron chi connectivity index (χ1n) is 14.5. The Kier molecular flexibility index (Phi) is 12.6. The summed E-state index contributed by atoms with van der Waals surface area (Å²) in [6.07, 6.45) is 11.5. The fraction of sp³-hybridized carbons (Fsp3) is 0.710. The van der Waals surface area contributed by atoms with Crippen LogP contribution in [0.2, 0.25) is 0 Å². The number of nitrogens with one attached hydrogen (secondary N) is 2. The molecule has 7 nitrogen and oxygen atoms in total. The second-order valence-electron chi connectivity index (χ2n) is 12.5. The Hall–Kier alpha value is -2.57. The van der Waals surface area contributed by atoms with Crippen molar-refractivity contribution in [1.82, 2.24) is 10.6 Å². The highest BCUT2D eigenvalue weighted by Crippen LogP contribution is 2.34. The van der Waals surface area contributed by atoms with Gasteiger partial charge in [-0.3, -0.25) is 10.6 Å². The topological polar surface area (TPSA) is 89.0 Å². The van der Waals surface area contributed by atoms with Crippen LogP contribution < -0.4 is 10.6 Å². The number of carbonyl (C=O) groups is 2. The molecule has 1 aromatic rings. The van der Waals surface area contributed by atoms with Gasteiger partial charge in [0, 0.05) is 0 Å². The molecule has 7 heteroatoms. The van der Waals surface area contributed by atoms with Crippen molar-refractivity contribution in [3.05, 3.63) is 35.4 Å². The molecule has 0 radical (unpaired) electrons. The van der Waals surface area contributed by atoms with E-state index < -0.39 is 23.4 Å². The van der Waals surface area contributed by atoms with Crippen LogP contribution in [0, 0.1) is 0 Å². The average Bonchev–Trinajstić information content (AvgIpc) is 2.79. The van der Waals surface area contributed by atoms with Crippen molar-refractivity contribution < 1.29 is 19.1 Å². The highest BCUT2D eigenvalue weighted by molar-refractivity contribution is 6.01. The summed E-state index contributed by atoms with van der Waals surface area (Å²) in [5.74, 6) is 0.571. The molecular formula is C31H51N3O4. The van der Waals surface area contributed by atoms with Gasteiger partial charge in [-0.25, -0.2) is 14.6 Å². The van der Waals surface area contributed by atoms with Crippen molar-refractivity contribution in [3.63, 3.8) is 0 Å². The molecule has 1 aliphatic rings. The van der Waals surface area contributed by atoms with E-state index in [-0.39, 0.29) is 12.0 Å². The summed E-state index contributed by atoms with van der Waals surface area (Å²) in [4.78, 5) is 29.4. The van der Waals surface area contributed by atoms with Crippen molar-refractivity contribution >= 4 is 18.1 Å². The molecule has 1 aliphatic carbocycles. The summed E-state index contributed by atoms with van der Waals surface area (Å²) in [5.41, 5.74) is 1.49. The Balaban J connectivity index is 1.92. The van der Waals surface area contributed by atoms with Gasteiger partial charge in [0.25, 0.3) is 0 Å². The molecule has 0 spiro atoms. The normalized spacial score (nSPS) is 17.9. The van der Waals surface area contributed by atoms with Crippen LogP contribution in [0.1, 0.15) is 130 Å². The van der Waals surface area contributed by atoms with Gasteiger partial charge in [0.2, 0.25) is 5.96 Å². The molecule has 214 valence electrons. The monoisotopic (exact) mass is 529 g/mol. The standard InChI is InChI=1S/C31H51N3O4/c1-8-9-10-11-12-13-14-23-15-17-24(18-16-23)25-19-21-26(22-20-25)32-27(33-28(35)37-30(2,3)4)34-29(36)38-31(5,6)7/h15-18,25-26H,8-14,19-22H2,1-7H3,(H2,32,33,34,35,36). The Morgan fingerprint density at radius 3 is 1.79 bits per heavy atom. The average molecular weight is 530 g/mol. The summed E-state index contributed by atoms with van der Waals surface area (Å²) in [5, 5.41) is 5.19. The molecule has 2 amide bonds. The van der Waals surface area contributed by atoms with E-state index in [0.717, 1.165) is 32.1 Å². The summed E-state index contributed by atoms with van der Waals surface area (Å²) >= 11 is 0. The van der Waals surface area contributed by atoms with Crippen LogP contribution in [0.15, 0.2) is 29.3 Å². The molecule has 0 aromatic heterocycles. The first-order chi connectivity index (χ1) is 17.8. The minimum absolute atomic E-state index is 0.00175. The predicted molar refractivity (Wildman–Crippen MR) is 155 cm³/mol. The number of benzene rings is 1. The van der Waals surface area contributed by atoms with E-state index in [1.807, 2.05) is 0 Å². The number of aryl methyl sites for hydroxylation is 1. The maximum Gasteiger partial charge on any atom is 0.414 e. The zero-order valence-electron chi connectivity index (χ0n) is 24.8. The quantitative estimate of drug-likeness (QED) is 0.192. The van der Waals surface area contributed by atoms with E-state index in [1.165, 1.54) is 49.7 Å². The van der Waals surface area contributed by atoms with Crippen LogP contribution in [0.3, 0.4) is 0 Å². The summed E-state index contributed by atoms with van der Waals surface area (Å²) in [7, 11) is 0. The van der Waals surface area contributed by atoms with Crippen LogP contribution in [0.25, 0.3) is 0 Å². The highest BCUT2D eigenvalue weighted by atomic mass is 16.6. The zero-order valence-corrected chi connectivity index (χ0v) is 24.8. The fourth-order valence-corrected chi connectivity index (χ4v) is 4.68. The molecule has 1 aromatic carbocycles. The van der Waals surface area contributed by atoms with E-state index in [0.29, 0.717) is 5.92 Å². The van der Waals surface area contributed by atoms with Gasteiger partial charge in [0.15, 0.2) is 0 Å². The first kappa shape index (κ1) is 31.6. The lowest BCUT2D eigenvalue weighted by atomic mass is 9.81. The second kappa shape index (κ2) is 15.1. The number of nitrogens with zero attached hydrogens (tertiary/aromatic N) is 1. The van der Waals surface area contributed by atoms with Crippen molar-refractivity contribution in [3.8, 4) is 0 Å². The van der Waals surface area contributed by atoms with E-state index >= 15 is 0 Å². The number of ether oxygens (including phenoxy) is 2. The van der Waals surface area contributed by atoms with Crippen LogP contribution in [0.4, 0.5) is 9.59 Å². The number of aliphatic imine (C=N–C) groups is 1. The number of amides is 2. The molecule has 0 heterocycles. The lowest BCUT2D eigenvalue weighted by molar-refractivity contribution is 0.0544. The summed E-state index contributed by atoms with van der Waals surface area (Å²) in [6.45, 7) is 13.0. The maximum atomic E-state index is 12.4. The van der Waals surface area contributed by atoms with Gasteiger partial charge in [-0.15, -0.1) is 0 Å².